The summed E-state index contributed by atoms with van der Waals surface area (Å²) in [6.07, 6.45) is 0. The molecule has 0 radical (unpaired) electrons. The molecule has 0 saturated carbocycles. The number of benzene rings is 1. The summed E-state index contributed by atoms with van der Waals surface area (Å²) in [5, 5.41) is 9.25. The van der Waals surface area contributed by atoms with E-state index < -0.39 is 0 Å². The van der Waals surface area contributed by atoms with Crippen molar-refractivity contribution in [2.45, 2.75) is 13.0 Å². The highest BCUT2D eigenvalue weighted by Gasteiger charge is 2.21. The lowest BCUT2D eigenvalue weighted by molar-refractivity contribution is 0.0940. The zero-order chi connectivity index (χ0) is 16.1. The van der Waals surface area contributed by atoms with Crippen LogP contribution in [0.3, 0.4) is 0 Å². The molecule has 0 aliphatic carbocycles. The van der Waals surface area contributed by atoms with Gasteiger partial charge < -0.3 is 10.1 Å². The van der Waals surface area contributed by atoms with Gasteiger partial charge in [0.05, 0.1) is 18.2 Å². The molecular weight excluding hydrogens is 326 g/mol. The highest BCUT2D eigenvalue weighted by molar-refractivity contribution is 7.10. The van der Waals surface area contributed by atoms with Crippen LogP contribution in [-0.4, -0.2) is 12.5 Å². The molecule has 3 rings (SSSR count). The second kappa shape index (κ2) is 7.44. The van der Waals surface area contributed by atoms with E-state index in [0.717, 1.165) is 10.4 Å². The second-order valence-corrected chi connectivity index (χ2v) is 6.67. The Morgan fingerprint density at radius 2 is 2.04 bits per heavy atom. The zero-order valence-corrected chi connectivity index (χ0v) is 14.3. The van der Waals surface area contributed by atoms with Crippen LogP contribution in [0.25, 0.3) is 0 Å². The SMILES string of the molecule is CCOc1ccccc1C(=O)NC(c1ccsc1)c1cccs1. The summed E-state index contributed by atoms with van der Waals surface area (Å²) in [6, 6.07) is 13.3. The number of hydrogen-bond donors (Lipinski definition) is 1. The van der Waals surface area contributed by atoms with Gasteiger partial charge in [0.25, 0.3) is 5.91 Å². The fraction of sp³-hybridized carbons (Fsp3) is 0.167. The second-order valence-electron chi connectivity index (χ2n) is 4.91. The van der Waals surface area contributed by atoms with Gasteiger partial charge in [-0.1, -0.05) is 18.2 Å². The summed E-state index contributed by atoms with van der Waals surface area (Å²) in [5.74, 6) is 0.487. The van der Waals surface area contributed by atoms with Gasteiger partial charge in [0.2, 0.25) is 0 Å². The Hall–Kier alpha value is -2.11. The summed E-state index contributed by atoms with van der Waals surface area (Å²) in [7, 11) is 0. The molecule has 118 valence electrons. The predicted molar refractivity (Wildman–Crippen MR) is 95.6 cm³/mol. The minimum absolute atomic E-state index is 0.126. The van der Waals surface area contributed by atoms with Crippen molar-refractivity contribution in [1.82, 2.24) is 5.32 Å². The van der Waals surface area contributed by atoms with Crippen LogP contribution >= 0.6 is 22.7 Å². The van der Waals surface area contributed by atoms with Crippen LogP contribution in [0.1, 0.15) is 33.8 Å². The van der Waals surface area contributed by atoms with Crippen LogP contribution in [0.4, 0.5) is 0 Å². The minimum Gasteiger partial charge on any atom is -0.493 e. The molecule has 0 bridgehead atoms. The van der Waals surface area contributed by atoms with Crippen molar-refractivity contribution >= 4 is 28.6 Å². The molecule has 0 saturated heterocycles. The maximum atomic E-state index is 12.8. The van der Waals surface area contributed by atoms with Crippen LogP contribution in [0, 0.1) is 0 Å². The van der Waals surface area contributed by atoms with E-state index in [2.05, 4.69) is 10.7 Å². The molecule has 0 fully saturated rings. The van der Waals surface area contributed by atoms with Gasteiger partial charge >= 0.3 is 0 Å². The van der Waals surface area contributed by atoms with Crippen molar-refractivity contribution in [3.8, 4) is 5.75 Å². The normalized spacial score (nSPS) is 11.9. The smallest absolute Gasteiger partial charge is 0.255 e. The fourth-order valence-electron chi connectivity index (χ4n) is 2.36. The number of nitrogens with one attached hydrogen (secondary N) is 1. The van der Waals surface area contributed by atoms with Gasteiger partial charge in [-0.15, -0.1) is 11.3 Å². The predicted octanol–water partition coefficient (Wildman–Crippen LogP) is 4.73. The molecule has 1 amide bonds. The number of rotatable bonds is 6. The van der Waals surface area contributed by atoms with Gasteiger partial charge in [0.15, 0.2) is 0 Å². The average Bonchev–Trinajstić information content (AvgIpc) is 3.27. The van der Waals surface area contributed by atoms with Gasteiger partial charge in [0, 0.05) is 4.88 Å². The lowest BCUT2D eigenvalue weighted by Gasteiger charge is -2.18. The molecule has 0 aliphatic rings. The Morgan fingerprint density at radius 1 is 1.17 bits per heavy atom. The fourth-order valence-corrected chi connectivity index (χ4v) is 3.85. The lowest BCUT2D eigenvalue weighted by Crippen LogP contribution is -2.29. The summed E-state index contributed by atoms with van der Waals surface area (Å²) in [4.78, 5) is 13.9. The number of thiophene rings is 2. The van der Waals surface area contributed by atoms with E-state index in [-0.39, 0.29) is 11.9 Å². The van der Waals surface area contributed by atoms with Gasteiger partial charge in [-0.05, 0) is 52.9 Å². The number of ether oxygens (including phenoxy) is 1. The van der Waals surface area contributed by atoms with Crippen LogP contribution in [0.5, 0.6) is 5.75 Å². The first-order chi connectivity index (χ1) is 11.3. The summed E-state index contributed by atoms with van der Waals surface area (Å²) < 4.78 is 5.56. The monoisotopic (exact) mass is 343 g/mol. The molecule has 0 spiro atoms. The molecule has 1 unspecified atom stereocenters. The molecule has 2 heterocycles. The third kappa shape index (κ3) is 3.63. The van der Waals surface area contributed by atoms with E-state index in [0.29, 0.717) is 17.9 Å². The van der Waals surface area contributed by atoms with Crippen LogP contribution in [-0.2, 0) is 0 Å². The molecule has 1 aromatic carbocycles. The van der Waals surface area contributed by atoms with Crippen LogP contribution < -0.4 is 10.1 Å². The molecule has 1 atom stereocenters. The van der Waals surface area contributed by atoms with Gasteiger partial charge in [-0.2, -0.15) is 11.3 Å². The quantitative estimate of drug-likeness (QED) is 0.703. The van der Waals surface area contributed by atoms with Gasteiger partial charge in [0.1, 0.15) is 5.75 Å². The Kier molecular flexibility index (Phi) is 5.10. The number of para-hydroxylation sites is 1. The molecule has 0 aliphatic heterocycles. The average molecular weight is 343 g/mol. The zero-order valence-electron chi connectivity index (χ0n) is 12.7. The van der Waals surface area contributed by atoms with Crippen molar-refractivity contribution in [1.29, 1.82) is 0 Å². The maximum Gasteiger partial charge on any atom is 0.255 e. The van der Waals surface area contributed by atoms with Crippen molar-refractivity contribution in [2.75, 3.05) is 6.61 Å². The number of carbonyl (C=O) groups excluding carboxylic acids is 1. The molecule has 23 heavy (non-hydrogen) atoms. The molecule has 1 N–H and O–H groups in total. The first-order valence-electron chi connectivity index (χ1n) is 7.37. The Labute approximate surface area is 143 Å². The Bertz CT molecular complexity index is 717. The number of carbonyl (C=O) groups is 1. The van der Waals surface area contributed by atoms with Crippen LogP contribution in [0.15, 0.2) is 58.6 Å². The van der Waals surface area contributed by atoms with Gasteiger partial charge in [-0.25, -0.2) is 0 Å². The highest BCUT2D eigenvalue weighted by atomic mass is 32.1. The third-order valence-electron chi connectivity index (χ3n) is 3.41. The first-order valence-corrected chi connectivity index (χ1v) is 9.20. The standard InChI is InChI=1S/C18H17NO2S2/c1-2-21-15-7-4-3-6-14(15)18(20)19-17(13-9-11-22-12-13)16-8-5-10-23-16/h3-12,17H,2H2,1H3,(H,19,20). The van der Waals surface area contributed by atoms with Gasteiger partial charge in [-0.3, -0.25) is 4.79 Å². The molecule has 3 aromatic rings. The summed E-state index contributed by atoms with van der Waals surface area (Å²) in [5.41, 5.74) is 1.66. The first kappa shape index (κ1) is 15.8. The molecule has 5 heteroatoms. The minimum atomic E-state index is -0.136. The van der Waals surface area contributed by atoms with E-state index in [9.17, 15) is 4.79 Å². The summed E-state index contributed by atoms with van der Waals surface area (Å²) >= 11 is 3.27. The summed E-state index contributed by atoms with van der Waals surface area (Å²) in [6.45, 7) is 2.44. The van der Waals surface area contributed by atoms with Crippen molar-refractivity contribution in [3.05, 3.63) is 74.6 Å². The number of amides is 1. The molecule has 2 aromatic heterocycles. The van der Waals surface area contributed by atoms with Crippen molar-refractivity contribution < 1.29 is 9.53 Å². The topological polar surface area (TPSA) is 38.3 Å². The van der Waals surface area contributed by atoms with Crippen molar-refractivity contribution in [2.24, 2.45) is 0 Å². The highest BCUT2D eigenvalue weighted by Crippen LogP contribution is 2.28. The maximum absolute atomic E-state index is 12.8. The lowest BCUT2D eigenvalue weighted by atomic mass is 10.1. The largest absolute Gasteiger partial charge is 0.493 e. The Morgan fingerprint density at radius 3 is 2.74 bits per heavy atom. The molecule has 3 nitrogen and oxygen atoms in total. The van der Waals surface area contributed by atoms with E-state index in [1.54, 1.807) is 28.7 Å². The Balaban J connectivity index is 1.88. The van der Waals surface area contributed by atoms with E-state index >= 15 is 0 Å². The van der Waals surface area contributed by atoms with E-state index in [4.69, 9.17) is 4.74 Å². The number of hydrogen-bond acceptors (Lipinski definition) is 4. The van der Waals surface area contributed by atoms with E-state index in [1.807, 2.05) is 54.1 Å². The van der Waals surface area contributed by atoms with E-state index in [1.165, 1.54) is 0 Å². The van der Waals surface area contributed by atoms with Crippen molar-refractivity contribution in [3.63, 3.8) is 0 Å². The third-order valence-corrected chi connectivity index (χ3v) is 5.05. The van der Waals surface area contributed by atoms with Crippen LogP contribution in [0.2, 0.25) is 0 Å². The molecular formula is C18H17NO2S2.